The highest BCUT2D eigenvalue weighted by Gasteiger charge is 2.32. The molecule has 0 aromatic heterocycles. The highest BCUT2D eigenvalue weighted by atomic mass is 19.2. The summed E-state index contributed by atoms with van der Waals surface area (Å²) in [5, 5.41) is 11.3. The molecule has 1 aliphatic rings. The van der Waals surface area contributed by atoms with Crippen LogP contribution in [0.2, 0.25) is 0 Å². The van der Waals surface area contributed by atoms with Gasteiger partial charge in [0.25, 0.3) is 0 Å². The van der Waals surface area contributed by atoms with Crippen LogP contribution in [0, 0.1) is 35.0 Å². The molecule has 38 heavy (non-hydrogen) atoms. The number of amides is 2. The molecule has 0 spiro atoms. The van der Waals surface area contributed by atoms with E-state index in [9.17, 15) is 41.1 Å². The predicted molar refractivity (Wildman–Crippen MR) is 118 cm³/mol. The lowest BCUT2D eigenvalue weighted by molar-refractivity contribution is -0.141. The lowest BCUT2D eigenvalue weighted by Gasteiger charge is -2.31. The minimum atomic E-state index is -1.89. The van der Waals surface area contributed by atoms with Gasteiger partial charge >= 0.3 is 12.1 Å². The standard InChI is InChI=1S/C24H21F5N2O7/c25-13-3-1-2-4-18(13)38-24(36)31-7-5-12(6-8-31)23(35)30-16(10-19(33)34)17(32)11-37-22-20(28)14(26)9-15(27)21(22)29/h1-4,9,12,16H,5-8,10-11H2,(H,30,35)(H,33,34)/t16-/m0/s1. The van der Waals surface area contributed by atoms with Gasteiger partial charge < -0.3 is 24.8 Å². The highest BCUT2D eigenvalue weighted by molar-refractivity contribution is 5.93. The molecule has 0 unspecified atom stereocenters. The van der Waals surface area contributed by atoms with E-state index in [4.69, 9.17) is 9.84 Å². The van der Waals surface area contributed by atoms with Gasteiger partial charge in [-0.3, -0.25) is 14.4 Å². The monoisotopic (exact) mass is 544 g/mol. The fourth-order valence-corrected chi connectivity index (χ4v) is 3.64. The van der Waals surface area contributed by atoms with Crippen LogP contribution in [-0.2, 0) is 14.4 Å². The maximum absolute atomic E-state index is 13.8. The quantitative estimate of drug-likeness (QED) is 0.367. The molecule has 2 amide bonds. The van der Waals surface area contributed by atoms with Gasteiger partial charge in [0, 0.05) is 25.1 Å². The zero-order valence-electron chi connectivity index (χ0n) is 19.5. The Balaban J connectivity index is 1.57. The number of ether oxygens (including phenoxy) is 2. The molecule has 1 heterocycles. The molecular weight excluding hydrogens is 523 g/mol. The number of hydrogen-bond donors (Lipinski definition) is 2. The largest absolute Gasteiger partial charge is 0.481 e. The van der Waals surface area contributed by atoms with Crippen molar-refractivity contribution in [2.75, 3.05) is 19.7 Å². The van der Waals surface area contributed by atoms with E-state index < -0.39 is 83.6 Å². The zero-order valence-corrected chi connectivity index (χ0v) is 19.5. The molecule has 1 atom stereocenters. The van der Waals surface area contributed by atoms with Crippen LogP contribution in [0.5, 0.6) is 11.5 Å². The van der Waals surface area contributed by atoms with Crippen molar-refractivity contribution in [3.63, 3.8) is 0 Å². The van der Waals surface area contributed by atoms with E-state index in [1.807, 2.05) is 0 Å². The van der Waals surface area contributed by atoms with Gasteiger partial charge in [-0.2, -0.15) is 8.78 Å². The molecular formula is C24H21F5N2O7. The molecule has 3 rings (SSSR count). The van der Waals surface area contributed by atoms with Crippen molar-refractivity contribution < 1.29 is 55.7 Å². The number of halogens is 5. The van der Waals surface area contributed by atoms with Crippen molar-refractivity contribution in [3.05, 3.63) is 59.4 Å². The van der Waals surface area contributed by atoms with E-state index in [1.165, 1.54) is 23.1 Å². The van der Waals surface area contributed by atoms with E-state index >= 15 is 0 Å². The summed E-state index contributed by atoms with van der Waals surface area (Å²) in [4.78, 5) is 49.9. The number of Topliss-reactive ketones (excluding diaryl/α,β-unsaturated/α-hetero) is 1. The Labute approximate surface area is 212 Å². The summed E-state index contributed by atoms with van der Waals surface area (Å²) in [6, 6.07) is 3.53. The van der Waals surface area contributed by atoms with Gasteiger partial charge in [-0.15, -0.1) is 0 Å². The summed E-state index contributed by atoms with van der Waals surface area (Å²) in [6.07, 6.45) is -1.55. The molecule has 14 heteroatoms. The molecule has 0 aliphatic carbocycles. The number of carbonyl (C=O) groups excluding carboxylic acids is 3. The Kier molecular flexibility index (Phi) is 9.20. The van der Waals surface area contributed by atoms with Gasteiger partial charge in [0.1, 0.15) is 12.6 Å². The molecule has 0 bridgehead atoms. The average Bonchev–Trinajstić information content (AvgIpc) is 2.88. The number of hydrogen-bond acceptors (Lipinski definition) is 6. The summed E-state index contributed by atoms with van der Waals surface area (Å²) in [6.45, 7) is -1.12. The van der Waals surface area contributed by atoms with Crippen LogP contribution in [0.1, 0.15) is 19.3 Å². The first kappa shape index (κ1) is 28.3. The van der Waals surface area contributed by atoms with Crippen LogP contribution in [0.3, 0.4) is 0 Å². The molecule has 2 N–H and O–H groups in total. The molecule has 1 fully saturated rings. The van der Waals surface area contributed by atoms with Crippen molar-refractivity contribution in [2.24, 2.45) is 5.92 Å². The fourth-order valence-electron chi connectivity index (χ4n) is 3.64. The second kappa shape index (κ2) is 12.3. The highest BCUT2D eigenvalue weighted by Crippen LogP contribution is 2.26. The van der Waals surface area contributed by atoms with E-state index in [2.05, 4.69) is 10.1 Å². The summed E-state index contributed by atoms with van der Waals surface area (Å²) in [7, 11) is 0. The first-order valence-corrected chi connectivity index (χ1v) is 11.2. The van der Waals surface area contributed by atoms with Crippen LogP contribution in [0.15, 0.2) is 30.3 Å². The Bertz CT molecular complexity index is 1210. The molecule has 2 aromatic carbocycles. The van der Waals surface area contributed by atoms with Crippen LogP contribution in [0.4, 0.5) is 26.7 Å². The summed E-state index contributed by atoms with van der Waals surface area (Å²) in [5.41, 5.74) is 0. The smallest absolute Gasteiger partial charge is 0.415 e. The SMILES string of the molecule is O=C(O)C[C@H](NC(=O)C1CCN(C(=O)Oc2ccccc2F)CC1)C(=O)COc1c(F)c(F)cc(F)c1F. The van der Waals surface area contributed by atoms with Crippen molar-refractivity contribution in [2.45, 2.75) is 25.3 Å². The Morgan fingerprint density at radius 2 is 1.58 bits per heavy atom. The second-order valence-electron chi connectivity index (χ2n) is 8.27. The molecule has 2 aromatic rings. The minimum absolute atomic E-state index is 0.0374. The first-order valence-electron chi connectivity index (χ1n) is 11.2. The Hall–Kier alpha value is -4.23. The number of rotatable bonds is 9. The van der Waals surface area contributed by atoms with Crippen molar-refractivity contribution in [1.29, 1.82) is 0 Å². The number of benzene rings is 2. The van der Waals surface area contributed by atoms with E-state index in [0.717, 1.165) is 6.07 Å². The lowest BCUT2D eigenvalue weighted by Crippen LogP contribution is -2.49. The van der Waals surface area contributed by atoms with Gasteiger partial charge in [-0.25, -0.2) is 18.0 Å². The minimum Gasteiger partial charge on any atom is -0.481 e. The number of nitrogens with zero attached hydrogens (tertiary/aromatic N) is 1. The van der Waals surface area contributed by atoms with Crippen molar-refractivity contribution in [3.8, 4) is 11.5 Å². The second-order valence-corrected chi connectivity index (χ2v) is 8.27. The van der Waals surface area contributed by atoms with Crippen LogP contribution in [-0.4, -0.2) is 59.5 Å². The van der Waals surface area contributed by atoms with Crippen molar-refractivity contribution in [1.82, 2.24) is 10.2 Å². The number of carbonyl (C=O) groups is 4. The topological polar surface area (TPSA) is 122 Å². The number of carboxylic acids is 1. The maximum Gasteiger partial charge on any atom is 0.415 e. The number of ketones is 1. The molecule has 0 radical (unpaired) electrons. The van der Waals surface area contributed by atoms with Crippen LogP contribution < -0.4 is 14.8 Å². The van der Waals surface area contributed by atoms with Crippen LogP contribution in [0.25, 0.3) is 0 Å². The third-order valence-corrected chi connectivity index (χ3v) is 5.67. The third-order valence-electron chi connectivity index (χ3n) is 5.67. The average molecular weight is 544 g/mol. The molecule has 1 aliphatic heterocycles. The van der Waals surface area contributed by atoms with Gasteiger partial charge in [-0.1, -0.05) is 12.1 Å². The number of aliphatic carboxylic acids is 1. The summed E-state index contributed by atoms with van der Waals surface area (Å²) >= 11 is 0. The van der Waals surface area contributed by atoms with E-state index in [0.29, 0.717) is 0 Å². The summed E-state index contributed by atoms with van der Waals surface area (Å²) < 4.78 is 77.4. The number of piperidine rings is 1. The number of nitrogens with one attached hydrogen (secondary N) is 1. The summed E-state index contributed by atoms with van der Waals surface area (Å²) in [5.74, 6) is -13.9. The molecule has 0 saturated carbocycles. The third kappa shape index (κ3) is 6.95. The van der Waals surface area contributed by atoms with E-state index in [-0.39, 0.29) is 37.7 Å². The van der Waals surface area contributed by atoms with E-state index in [1.54, 1.807) is 0 Å². The van der Waals surface area contributed by atoms with Crippen molar-refractivity contribution >= 4 is 23.8 Å². The number of carboxylic acid groups (broad SMARTS) is 1. The number of likely N-dealkylation sites (tertiary alicyclic amines) is 1. The van der Waals surface area contributed by atoms with Gasteiger partial charge in [0.2, 0.25) is 17.5 Å². The normalized spacial score (nSPS) is 14.5. The fraction of sp³-hybridized carbons (Fsp3) is 0.333. The Morgan fingerprint density at radius 3 is 2.16 bits per heavy atom. The molecule has 9 nitrogen and oxygen atoms in total. The Morgan fingerprint density at radius 1 is 0.974 bits per heavy atom. The molecule has 204 valence electrons. The predicted octanol–water partition coefficient (Wildman–Crippen LogP) is 3.20. The van der Waals surface area contributed by atoms with Crippen LogP contribution >= 0.6 is 0 Å². The molecule has 1 saturated heterocycles. The zero-order chi connectivity index (χ0) is 28.0. The van der Waals surface area contributed by atoms with Gasteiger partial charge in [0.15, 0.2) is 34.7 Å². The maximum atomic E-state index is 13.8. The number of para-hydroxylation sites is 1. The van der Waals surface area contributed by atoms with Gasteiger partial charge in [0.05, 0.1) is 6.42 Å². The first-order chi connectivity index (χ1) is 18.0. The lowest BCUT2D eigenvalue weighted by atomic mass is 9.95. The van der Waals surface area contributed by atoms with Gasteiger partial charge in [-0.05, 0) is 25.0 Å².